The van der Waals surface area contributed by atoms with Gasteiger partial charge in [0, 0.05) is 0 Å². The van der Waals surface area contributed by atoms with Crippen LogP contribution in [0.3, 0.4) is 0 Å². The number of ether oxygens (including phenoxy) is 2. The summed E-state index contributed by atoms with van der Waals surface area (Å²) in [5.74, 6) is -0.257. The van der Waals surface area contributed by atoms with Gasteiger partial charge in [0.1, 0.15) is 36.3 Å². The fourth-order valence-corrected chi connectivity index (χ4v) is 7.95. The largest absolute Gasteiger partial charge is 0.382 e. The van der Waals surface area contributed by atoms with Crippen molar-refractivity contribution in [3.05, 3.63) is 23.0 Å². The molecule has 3 aliphatic heterocycles. The molecule has 0 aliphatic carbocycles. The average molecular weight is 712 g/mol. The van der Waals surface area contributed by atoms with Crippen LogP contribution in [0.25, 0.3) is 22.3 Å². The Bertz CT molecular complexity index is 1950. The lowest BCUT2D eigenvalue weighted by atomic mass is 10.1. The van der Waals surface area contributed by atoms with E-state index in [0.717, 1.165) is 11.0 Å². The number of halogens is 2. The number of aromatic nitrogens is 9. The van der Waals surface area contributed by atoms with Gasteiger partial charge in [-0.1, -0.05) is 5.21 Å². The van der Waals surface area contributed by atoms with E-state index in [1.807, 2.05) is 0 Å². The highest BCUT2D eigenvalue weighted by Gasteiger charge is 2.54. The molecule has 10 atom stereocenters. The van der Waals surface area contributed by atoms with E-state index in [-0.39, 0.29) is 34.1 Å². The lowest BCUT2D eigenvalue weighted by Gasteiger charge is -2.27. The molecule has 3 saturated heterocycles. The molecule has 0 radical (unpaired) electrons. The van der Waals surface area contributed by atoms with Crippen LogP contribution in [0.4, 0.5) is 20.5 Å². The minimum Gasteiger partial charge on any atom is -0.382 e. The molecule has 45 heavy (non-hydrogen) atoms. The zero-order valence-corrected chi connectivity index (χ0v) is 25.6. The number of nitrogen functional groups attached to an aromatic ring is 2. The van der Waals surface area contributed by atoms with Crippen LogP contribution in [0.2, 0.25) is 0 Å². The number of hydrogen-bond donors (Lipinski definition) is 5. The van der Waals surface area contributed by atoms with Crippen molar-refractivity contribution in [3.63, 3.8) is 0 Å². The van der Waals surface area contributed by atoms with Gasteiger partial charge in [-0.25, -0.2) is 23.7 Å². The number of alkyl halides is 2. The standard InChI is InChI=1S/C19H21F2N11O9P2S2/c20-7-5-1-36-42(34,44)40-11-6(39-17(8(11)21)31-4-26-9-13(22)24-3-25-14(9)31)2-37-43(35,45)41-12(7)18(38-5)32-15-10(29-30-32)16(33)28-19(23)27-15/h3-8,11-12,17-18H,1-2H2,(H,34,44)(H,35,45)(H2,22,24,25)(H3,23,27,28,33)/t5-,6-,7-,8+,11-,12-,17-,18-,42?,43?/m1/s1. The van der Waals surface area contributed by atoms with Crippen LogP contribution in [0, 0.1) is 0 Å². The minimum atomic E-state index is -4.38. The van der Waals surface area contributed by atoms with Gasteiger partial charge >= 0.3 is 13.4 Å². The van der Waals surface area contributed by atoms with Crippen molar-refractivity contribution >= 4 is 71.1 Å². The molecule has 2 unspecified atom stereocenters. The number of fused-ring (bicyclic) bond motifs is 5. The Hall–Kier alpha value is -2.73. The van der Waals surface area contributed by atoms with E-state index in [0.29, 0.717) is 0 Å². The number of nitrogens with one attached hydrogen (secondary N) is 1. The maximum Gasteiger partial charge on any atom is 0.325 e. The number of anilines is 2. The third-order valence-electron chi connectivity index (χ3n) is 7.10. The molecule has 0 amide bonds. The van der Waals surface area contributed by atoms with Gasteiger partial charge in [-0.3, -0.25) is 23.4 Å². The number of rotatable bonds is 2. The van der Waals surface area contributed by atoms with Crippen molar-refractivity contribution in [2.45, 2.75) is 49.2 Å². The fourth-order valence-electron chi connectivity index (χ4n) is 5.11. The molecule has 0 spiro atoms. The molecular formula is C19H21F2N11O9P2S2. The smallest absolute Gasteiger partial charge is 0.325 e. The molecule has 20 nitrogen and oxygen atoms in total. The second-order valence-corrected chi connectivity index (χ2v) is 15.5. The average Bonchev–Trinajstić information content (AvgIpc) is 3.72. The Morgan fingerprint density at radius 3 is 2.38 bits per heavy atom. The van der Waals surface area contributed by atoms with Crippen molar-refractivity contribution in [3.8, 4) is 0 Å². The predicted molar refractivity (Wildman–Crippen MR) is 152 cm³/mol. The first-order valence-corrected chi connectivity index (χ1v) is 17.9. The Morgan fingerprint density at radius 1 is 0.933 bits per heavy atom. The number of H-pyrrole nitrogens is 1. The summed E-state index contributed by atoms with van der Waals surface area (Å²) in [6.45, 7) is -10.1. The second-order valence-electron chi connectivity index (χ2n) is 9.93. The van der Waals surface area contributed by atoms with Gasteiger partial charge in [0.15, 0.2) is 47.4 Å². The summed E-state index contributed by atoms with van der Waals surface area (Å²) in [5.41, 5.74) is 10.6. The van der Waals surface area contributed by atoms with Gasteiger partial charge in [0.25, 0.3) is 5.56 Å². The van der Waals surface area contributed by atoms with Crippen molar-refractivity contribution in [2.24, 2.45) is 0 Å². The Labute approximate surface area is 258 Å². The van der Waals surface area contributed by atoms with E-state index >= 15 is 8.78 Å². The highest BCUT2D eigenvalue weighted by molar-refractivity contribution is 8.07. The lowest BCUT2D eigenvalue weighted by molar-refractivity contribution is -0.0639. The number of nitrogens with two attached hydrogens (primary N) is 2. The first kappa shape index (κ1) is 30.9. The molecule has 3 aliphatic rings. The summed E-state index contributed by atoms with van der Waals surface area (Å²) in [5, 5.41) is 7.55. The predicted octanol–water partition coefficient (Wildman–Crippen LogP) is -0.759. The zero-order valence-electron chi connectivity index (χ0n) is 22.1. The molecule has 242 valence electrons. The molecule has 0 aromatic carbocycles. The Morgan fingerprint density at radius 2 is 1.62 bits per heavy atom. The third kappa shape index (κ3) is 5.53. The molecule has 4 aromatic heterocycles. The van der Waals surface area contributed by atoms with E-state index in [4.69, 9.17) is 62.6 Å². The van der Waals surface area contributed by atoms with Crippen LogP contribution in [0.5, 0.6) is 0 Å². The minimum absolute atomic E-state index is 0.0398. The van der Waals surface area contributed by atoms with Gasteiger partial charge < -0.3 is 39.8 Å². The van der Waals surface area contributed by atoms with Crippen LogP contribution in [0.1, 0.15) is 12.5 Å². The third-order valence-corrected chi connectivity index (χ3v) is 10.2. The molecule has 7 N–H and O–H groups in total. The normalized spacial score (nSPS) is 37.7. The molecule has 7 heterocycles. The summed E-state index contributed by atoms with van der Waals surface area (Å²) in [6.07, 6.45) is -11.1. The number of imidazole rings is 1. The van der Waals surface area contributed by atoms with Gasteiger partial charge in [-0.15, -0.1) is 5.10 Å². The summed E-state index contributed by atoms with van der Waals surface area (Å²) >= 11 is 10.3. The summed E-state index contributed by atoms with van der Waals surface area (Å²) in [6, 6.07) is 0. The van der Waals surface area contributed by atoms with Crippen LogP contribution >= 0.6 is 13.4 Å². The highest BCUT2D eigenvalue weighted by Crippen LogP contribution is 2.54. The fraction of sp³-hybridized carbons (Fsp3) is 0.526. The van der Waals surface area contributed by atoms with Crippen LogP contribution < -0.4 is 17.0 Å². The first-order valence-electron chi connectivity index (χ1n) is 12.8. The van der Waals surface area contributed by atoms with Crippen molar-refractivity contribution in [2.75, 3.05) is 24.7 Å². The maximum absolute atomic E-state index is 16.0. The quantitative estimate of drug-likeness (QED) is 0.160. The molecular weight excluding hydrogens is 690 g/mol. The molecule has 3 fully saturated rings. The van der Waals surface area contributed by atoms with Crippen LogP contribution in [-0.4, -0.2) is 104 Å². The van der Waals surface area contributed by atoms with E-state index < -0.39 is 81.4 Å². The van der Waals surface area contributed by atoms with E-state index in [1.54, 1.807) is 0 Å². The van der Waals surface area contributed by atoms with Gasteiger partial charge in [-0.05, 0) is 23.6 Å². The van der Waals surface area contributed by atoms with Crippen molar-refractivity contribution in [1.29, 1.82) is 0 Å². The molecule has 26 heteroatoms. The highest BCUT2D eigenvalue weighted by atomic mass is 32.5. The Balaban J connectivity index is 1.21. The van der Waals surface area contributed by atoms with Crippen molar-refractivity contribution < 1.29 is 46.1 Å². The maximum atomic E-state index is 16.0. The molecule has 0 saturated carbocycles. The van der Waals surface area contributed by atoms with E-state index in [2.05, 4.69) is 35.2 Å². The van der Waals surface area contributed by atoms with Crippen molar-refractivity contribution in [1.82, 2.24) is 44.5 Å². The van der Waals surface area contributed by atoms with Gasteiger partial charge in [0.05, 0.1) is 19.5 Å². The SMILES string of the molecule is Nc1nc2c(nnn2[C@@H]2O[C@@H]3COP(O)(=S)O[C@H]4[C@H](F)[C@H](n5cnc6c(N)ncnc65)O[C@@H]4COP(O)(=S)O[C@@H]2[C@@H]3F)c(=O)[nH]1. The van der Waals surface area contributed by atoms with E-state index in [9.17, 15) is 14.6 Å². The van der Waals surface area contributed by atoms with Crippen LogP contribution in [-0.2, 0) is 51.2 Å². The summed E-state index contributed by atoms with van der Waals surface area (Å²) < 4.78 is 67.4. The summed E-state index contributed by atoms with van der Waals surface area (Å²) in [4.78, 5) is 52.4. The summed E-state index contributed by atoms with van der Waals surface area (Å²) in [7, 11) is 0. The zero-order chi connectivity index (χ0) is 31.8. The topological polar surface area (TPSA) is 268 Å². The molecule has 4 aromatic rings. The molecule has 2 bridgehead atoms. The van der Waals surface area contributed by atoms with Gasteiger partial charge in [-0.2, -0.15) is 9.67 Å². The number of nitrogens with zero attached hydrogens (tertiary/aromatic N) is 8. The number of aromatic amines is 1. The van der Waals surface area contributed by atoms with Crippen LogP contribution in [0.15, 0.2) is 17.4 Å². The monoisotopic (exact) mass is 711 g/mol. The number of hydrogen-bond acceptors (Lipinski definition) is 17. The molecule has 7 rings (SSSR count). The Kier molecular flexibility index (Phi) is 7.70. The van der Waals surface area contributed by atoms with Gasteiger partial charge in [0.2, 0.25) is 5.95 Å². The first-order chi connectivity index (χ1) is 21.3. The second kappa shape index (κ2) is 11.2. The lowest BCUT2D eigenvalue weighted by Crippen LogP contribution is -2.34. The van der Waals surface area contributed by atoms with E-state index in [1.165, 1.54) is 10.9 Å².